The van der Waals surface area contributed by atoms with Gasteiger partial charge in [-0.2, -0.15) is 5.10 Å². The monoisotopic (exact) mass is 374 g/mol. The lowest BCUT2D eigenvalue weighted by Crippen LogP contribution is -2.24. The molecule has 3 rings (SSSR count). The van der Waals surface area contributed by atoms with Crippen molar-refractivity contribution in [3.05, 3.63) is 53.5 Å². The highest BCUT2D eigenvalue weighted by Crippen LogP contribution is 2.32. The molecule has 0 unspecified atom stereocenters. The van der Waals surface area contributed by atoms with Crippen LogP contribution in [0.5, 0.6) is 0 Å². The maximum Gasteiger partial charge on any atom is 0.232 e. The van der Waals surface area contributed by atoms with E-state index in [-0.39, 0.29) is 10.8 Å². The molecule has 0 aliphatic heterocycles. The predicted molar refractivity (Wildman–Crippen MR) is 111 cm³/mol. The molecular formula is C22H26N6. The first kappa shape index (κ1) is 19.7. The van der Waals surface area contributed by atoms with Crippen LogP contribution < -0.4 is 0 Å². The average Bonchev–Trinajstić information content (AvgIpc) is 3.01. The summed E-state index contributed by atoms with van der Waals surface area (Å²) in [5, 5.41) is 4.45. The zero-order valence-electron chi connectivity index (χ0n) is 17.6. The zero-order valence-corrected chi connectivity index (χ0v) is 17.6. The van der Waals surface area contributed by atoms with Crippen LogP contribution in [0.15, 0.2) is 30.5 Å². The van der Waals surface area contributed by atoms with Gasteiger partial charge in [-0.3, -0.25) is 4.68 Å². The van der Waals surface area contributed by atoms with Gasteiger partial charge in [0.1, 0.15) is 11.6 Å². The van der Waals surface area contributed by atoms with Crippen molar-refractivity contribution in [3.8, 4) is 22.6 Å². The van der Waals surface area contributed by atoms with Gasteiger partial charge in [-0.1, -0.05) is 59.7 Å². The van der Waals surface area contributed by atoms with E-state index in [1.807, 2.05) is 31.3 Å². The summed E-state index contributed by atoms with van der Waals surface area (Å²) in [7, 11) is 1.82. The third kappa shape index (κ3) is 3.94. The van der Waals surface area contributed by atoms with Crippen LogP contribution in [0.3, 0.4) is 0 Å². The Morgan fingerprint density at radius 3 is 2.00 bits per heavy atom. The van der Waals surface area contributed by atoms with Gasteiger partial charge in [0, 0.05) is 29.6 Å². The second-order valence-corrected chi connectivity index (χ2v) is 9.04. The molecule has 0 amide bonds. The second-order valence-electron chi connectivity index (χ2n) is 9.04. The Hall–Kier alpha value is -3.07. The molecule has 0 aliphatic rings. The highest BCUT2D eigenvalue weighted by atomic mass is 15.3. The van der Waals surface area contributed by atoms with E-state index in [1.165, 1.54) is 0 Å². The number of aromatic nitrogens is 5. The third-order valence-corrected chi connectivity index (χ3v) is 4.30. The topological polar surface area (TPSA) is 60.9 Å². The summed E-state index contributed by atoms with van der Waals surface area (Å²) in [6, 6.07) is 7.88. The molecule has 0 aliphatic carbocycles. The van der Waals surface area contributed by atoms with E-state index >= 15 is 0 Å². The summed E-state index contributed by atoms with van der Waals surface area (Å²) < 4.78 is 1.66. The fraction of sp³-hybridized carbons (Fsp3) is 0.409. The van der Waals surface area contributed by atoms with Crippen molar-refractivity contribution in [3.63, 3.8) is 0 Å². The molecule has 0 fully saturated rings. The lowest BCUT2D eigenvalue weighted by atomic mass is 9.93. The van der Waals surface area contributed by atoms with E-state index in [0.29, 0.717) is 17.2 Å². The van der Waals surface area contributed by atoms with Crippen molar-refractivity contribution in [2.24, 2.45) is 7.05 Å². The number of hydrogen-bond donors (Lipinski definition) is 0. The third-order valence-electron chi connectivity index (χ3n) is 4.30. The van der Waals surface area contributed by atoms with Crippen LogP contribution in [0.4, 0.5) is 5.69 Å². The fourth-order valence-corrected chi connectivity index (χ4v) is 2.74. The van der Waals surface area contributed by atoms with Crippen molar-refractivity contribution < 1.29 is 0 Å². The number of benzene rings is 1. The summed E-state index contributed by atoms with van der Waals surface area (Å²) in [6.45, 7) is 20.0. The lowest BCUT2D eigenvalue weighted by Gasteiger charge is -2.22. The smallest absolute Gasteiger partial charge is 0.232 e. The van der Waals surface area contributed by atoms with E-state index in [1.54, 1.807) is 10.9 Å². The average molecular weight is 374 g/mol. The molecule has 1 aromatic carbocycles. The number of nitrogens with zero attached hydrogens (tertiary/aromatic N) is 6. The van der Waals surface area contributed by atoms with Gasteiger partial charge in [0.25, 0.3) is 0 Å². The van der Waals surface area contributed by atoms with E-state index in [9.17, 15) is 0 Å². The summed E-state index contributed by atoms with van der Waals surface area (Å²) in [6.07, 6.45) is 1.73. The molecule has 2 heterocycles. The van der Waals surface area contributed by atoms with Crippen molar-refractivity contribution in [1.82, 2.24) is 24.7 Å². The van der Waals surface area contributed by atoms with E-state index in [4.69, 9.17) is 21.5 Å². The molecule has 0 radical (unpaired) electrons. The molecule has 0 saturated heterocycles. The molecule has 0 N–H and O–H groups in total. The fourth-order valence-electron chi connectivity index (χ4n) is 2.74. The number of rotatable bonds is 2. The maximum atomic E-state index is 7.40. The molecule has 28 heavy (non-hydrogen) atoms. The van der Waals surface area contributed by atoms with Gasteiger partial charge in [0.15, 0.2) is 5.82 Å². The van der Waals surface area contributed by atoms with Gasteiger partial charge in [-0.05, 0) is 11.6 Å². The first-order valence-electron chi connectivity index (χ1n) is 9.28. The molecule has 0 saturated carbocycles. The van der Waals surface area contributed by atoms with Crippen molar-refractivity contribution in [2.75, 3.05) is 0 Å². The number of hydrogen-bond acceptors (Lipinski definition) is 4. The summed E-state index contributed by atoms with van der Waals surface area (Å²) in [5.41, 5.74) is 2.58. The Balaban J connectivity index is 2.18. The largest absolute Gasteiger partial charge is 0.287 e. The van der Waals surface area contributed by atoms with Crippen LogP contribution in [0.1, 0.15) is 53.2 Å². The van der Waals surface area contributed by atoms with E-state index in [2.05, 4.69) is 51.5 Å². The summed E-state index contributed by atoms with van der Waals surface area (Å²) in [4.78, 5) is 17.8. The Bertz CT molecular complexity index is 1030. The van der Waals surface area contributed by atoms with E-state index < -0.39 is 0 Å². The normalized spacial score (nSPS) is 12.1. The molecule has 3 aromatic rings. The van der Waals surface area contributed by atoms with Crippen LogP contribution in [-0.4, -0.2) is 24.7 Å². The van der Waals surface area contributed by atoms with Crippen molar-refractivity contribution in [1.29, 1.82) is 0 Å². The molecular weight excluding hydrogens is 348 g/mol. The quantitative estimate of drug-likeness (QED) is 0.587. The van der Waals surface area contributed by atoms with Crippen LogP contribution in [0.2, 0.25) is 0 Å². The van der Waals surface area contributed by atoms with Gasteiger partial charge in [-0.15, -0.1) is 0 Å². The highest BCUT2D eigenvalue weighted by Gasteiger charge is 2.25. The Morgan fingerprint density at radius 2 is 1.46 bits per heavy atom. The Kier molecular flexibility index (Phi) is 4.80. The molecule has 6 heteroatoms. The highest BCUT2D eigenvalue weighted by molar-refractivity contribution is 5.77. The number of aryl methyl sites for hydroxylation is 1. The van der Waals surface area contributed by atoms with Crippen LogP contribution >= 0.6 is 0 Å². The van der Waals surface area contributed by atoms with Gasteiger partial charge in [-0.25, -0.2) is 19.8 Å². The van der Waals surface area contributed by atoms with Gasteiger partial charge in [0.2, 0.25) is 5.69 Å². The Labute approximate surface area is 166 Å². The van der Waals surface area contributed by atoms with Crippen LogP contribution in [0, 0.1) is 6.57 Å². The van der Waals surface area contributed by atoms with Crippen LogP contribution in [-0.2, 0) is 17.9 Å². The SMILES string of the molecule is [C-]#[N+]c1cn(C)nc1-c1cccc(-c2nc(C(C)(C)C)nc(C(C)(C)C)n2)c1. The van der Waals surface area contributed by atoms with Crippen LogP contribution in [0.25, 0.3) is 27.5 Å². The molecule has 6 nitrogen and oxygen atoms in total. The predicted octanol–water partition coefficient (Wildman–Crippen LogP) is 5.08. The lowest BCUT2D eigenvalue weighted by molar-refractivity contribution is 0.497. The molecule has 2 aromatic heterocycles. The first-order valence-corrected chi connectivity index (χ1v) is 9.28. The minimum absolute atomic E-state index is 0.187. The van der Waals surface area contributed by atoms with Crippen molar-refractivity contribution >= 4 is 5.69 Å². The Morgan fingerprint density at radius 1 is 0.893 bits per heavy atom. The summed E-state index contributed by atoms with van der Waals surface area (Å²) >= 11 is 0. The molecule has 0 atom stereocenters. The second kappa shape index (κ2) is 6.83. The molecule has 144 valence electrons. The maximum absolute atomic E-state index is 7.40. The minimum Gasteiger partial charge on any atom is -0.287 e. The minimum atomic E-state index is -0.187. The van der Waals surface area contributed by atoms with Crippen molar-refractivity contribution in [2.45, 2.75) is 52.4 Å². The first-order chi connectivity index (χ1) is 13.0. The standard InChI is InChI=1S/C22H26N6/c1-21(2,3)19-24-18(25-20(26-19)22(4,5)6)15-11-9-10-14(12-15)17-16(23-7)13-28(8)27-17/h9-13H,1-6,8H3. The summed E-state index contributed by atoms with van der Waals surface area (Å²) in [5.74, 6) is 2.19. The molecule has 0 bridgehead atoms. The van der Waals surface area contributed by atoms with Gasteiger partial charge in [0.05, 0.1) is 12.3 Å². The molecule has 0 spiro atoms. The van der Waals surface area contributed by atoms with Gasteiger partial charge >= 0.3 is 0 Å². The van der Waals surface area contributed by atoms with Gasteiger partial charge < -0.3 is 0 Å². The zero-order chi connectivity index (χ0) is 20.7. The van der Waals surface area contributed by atoms with E-state index in [0.717, 1.165) is 22.8 Å².